The van der Waals surface area contributed by atoms with E-state index in [9.17, 15) is 8.42 Å². The number of halogens is 1. The largest absolute Gasteiger partial charge is 0.496 e. The van der Waals surface area contributed by atoms with Gasteiger partial charge in [-0.25, -0.2) is 13.4 Å². The van der Waals surface area contributed by atoms with E-state index in [-0.39, 0.29) is 5.25 Å². The molecule has 2 fully saturated rings. The van der Waals surface area contributed by atoms with Crippen molar-refractivity contribution in [3.8, 4) is 22.8 Å². The fourth-order valence-electron chi connectivity index (χ4n) is 4.16. The Kier molecular flexibility index (Phi) is 7.54. The Morgan fingerprint density at radius 1 is 1.15 bits per heavy atom. The van der Waals surface area contributed by atoms with Crippen LogP contribution in [0.2, 0.25) is 5.02 Å². The van der Waals surface area contributed by atoms with Crippen molar-refractivity contribution in [3.05, 3.63) is 47.0 Å². The van der Waals surface area contributed by atoms with E-state index in [1.807, 2.05) is 25.2 Å². The van der Waals surface area contributed by atoms with Crippen LogP contribution in [0.4, 0.5) is 0 Å². The fourth-order valence-corrected chi connectivity index (χ4v) is 6.27. The minimum atomic E-state index is -3.16. The van der Waals surface area contributed by atoms with E-state index >= 15 is 0 Å². The van der Waals surface area contributed by atoms with Crippen molar-refractivity contribution < 1.29 is 17.9 Å². The van der Waals surface area contributed by atoms with E-state index in [4.69, 9.17) is 21.1 Å². The van der Waals surface area contributed by atoms with Crippen LogP contribution in [-0.4, -0.2) is 73.2 Å². The number of ether oxygens (including phenoxy) is 2. The summed E-state index contributed by atoms with van der Waals surface area (Å²) in [6.45, 7) is 4.45. The molecule has 1 saturated carbocycles. The van der Waals surface area contributed by atoms with Gasteiger partial charge in [-0.1, -0.05) is 17.7 Å². The molecule has 2 aromatic rings. The van der Waals surface area contributed by atoms with Gasteiger partial charge in [-0.2, -0.15) is 4.31 Å². The van der Waals surface area contributed by atoms with Gasteiger partial charge < -0.3 is 19.4 Å². The molecule has 2 aliphatic rings. The molecule has 1 saturated heterocycles. The zero-order valence-electron chi connectivity index (χ0n) is 19.8. The molecule has 1 aliphatic carbocycles. The molecule has 10 heteroatoms. The van der Waals surface area contributed by atoms with Crippen molar-refractivity contribution in [2.75, 3.05) is 40.4 Å². The van der Waals surface area contributed by atoms with Crippen LogP contribution in [0.5, 0.6) is 11.5 Å². The Labute approximate surface area is 206 Å². The molecule has 1 aliphatic heterocycles. The molecule has 184 valence electrons. The third-order valence-corrected chi connectivity index (χ3v) is 8.80. The summed E-state index contributed by atoms with van der Waals surface area (Å²) in [5.74, 6) is 1.85. The zero-order chi connectivity index (χ0) is 24.3. The van der Waals surface area contributed by atoms with E-state index in [1.165, 1.54) is 0 Å². The maximum atomic E-state index is 12.7. The second-order valence-corrected chi connectivity index (χ2v) is 11.0. The number of hydrogen-bond acceptors (Lipinski definition) is 6. The molecule has 1 aromatic carbocycles. The number of benzene rings is 1. The third-order valence-electron chi connectivity index (χ3n) is 6.11. The predicted molar refractivity (Wildman–Crippen MR) is 135 cm³/mol. The average molecular weight is 507 g/mol. The van der Waals surface area contributed by atoms with Crippen LogP contribution in [-0.2, 0) is 10.0 Å². The van der Waals surface area contributed by atoms with Gasteiger partial charge >= 0.3 is 0 Å². The molecule has 34 heavy (non-hydrogen) atoms. The van der Waals surface area contributed by atoms with Crippen LogP contribution in [0.15, 0.2) is 36.2 Å². The Hall–Kier alpha value is -2.49. The van der Waals surface area contributed by atoms with Crippen molar-refractivity contribution in [2.24, 2.45) is 0 Å². The number of allylic oxidation sites excluding steroid dienone is 2. The zero-order valence-corrected chi connectivity index (χ0v) is 21.3. The van der Waals surface area contributed by atoms with E-state index in [0.717, 1.165) is 42.8 Å². The summed E-state index contributed by atoms with van der Waals surface area (Å²) in [5.41, 5.74) is 2.53. The van der Waals surface area contributed by atoms with Gasteiger partial charge in [-0.3, -0.25) is 0 Å². The SMILES string of the molecule is C/C=C\C(=C/c1ncc(-c2cc(Cl)c(OC)cc2OC)[nH]1)N1CCCN(S(=O)(=O)C2CC2)CC1. The van der Waals surface area contributed by atoms with Gasteiger partial charge in [-0.05, 0) is 38.3 Å². The smallest absolute Gasteiger partial charge is 0.217 e. The maximum Gasteiger partial charge on any atom is 0.217 e. The molecule has 0 spiro atoms. The van der Waals surface area contributed by atoms with Crippen LogP contribution in [0.1, 0.15) is 32.0 Å². The summed E-state index contributed by atoms with van der Waals surface area (Å²) in [6, 6.07) is 3.54. The lowest BCUT2D eigenvalue weighted by Crippen LogP contribution is -2.37. The molecular formula is C24H31ClN4O4S. The molecule has 0 radical (unpaired) electrons. The Bertz CT molecular complexity index is 1190. The van der Waals surface area contributed by atoms with E-state index in [1.54, 1.807) is 36.9 Å². The first-order valence-corrected chi connectivity index (χ1v) is 13.3. The number of aromatic amines is 1. The normalized spacial score (nSPS) is 18.4. The first kappa shape index (κ1) is 24.6. The van der Waals surface area contributed by atoms with E-state index in [0.29, 0.717) is 42.0 Å². The molecule has 0 amide bonds. The molecule has 8 nitrogen and oxygen atoms in total. The van der Waals surface area contributed by atoms with Crippen LogP contribution in [0, 0.1) is 0 Å². The molecule has 0 bridgehead atoms. The number of nitrogens with one attached hydrogen (secondary N) is 1. The first-order chi connectivity index (χ1) is 16.4. The number of methoxy groups -OCH3 is 2. The lowest BCUT2D eigenvalue weighted by atomic mass is 10.1. The van der Waals surface area contributed by atoms with Crippen LogP contribution in [0.25, 0.3) is 17.3 Å². The van der Waals surface area contributed by atoms with Gasteiger partial charge in [0.15, 0.2) is 0 Å². The highest BCUT2D eigenvalue weighted by atomic mass is 35.5. The molecule has 1 N–H and O–H groups in total. The highest BCUT2D eigenvalue weighted by Crippen LogP contribution is 2.38. The number of aromatic nitrogens is 2. The Balaban J connectivity index is 1.56. The fraction of sp³-hybridized carbons (Fsp3) is 0.458. The van der Waals surface area contributed by atoms with Crippen molar-refractivity contribution >= 4 is 27.7 Å². The number of rotatable bonds is 8. The Morgan fingerprint density at radius 3 is 2.59 bits per heavy atom. The molecule has 2 heterocycles. The van der Waals surface area contributed by atoms with E-state index in [2.05, 4.69) is 14.9 Å². The predicted octanol–water partition coefficient (Wildman–Crippen LogP) is 4.16. The molecule has 1 aromatic heterocycles. The van der Waals surface area contributed by atoms with Crippen molar-refractivity contribution in [3.63, 3.8) is 0 Å². The number of hydrogen-bond donors (Lipinski definition) is 1. The number of nitrogens with zero attached hydrogens (tertiary/aromatic N) is 3. The summed E-state index contributed by atoms with van der Waals surface area (Å²) >= 11 is 6.34. The van der Waals surface area contributed by atoms with Gasteiger partial charge in [0.2, 0.25) is 10.0 Å². The first-order valence-electron chi connectivity index (χ1n) is 11.4. The summed E-state index contributed by atoms with van der Waals surface area (Å²) in [6.07, 6.45) is 10.1. The van der Waals surface area contributed by atoms with Gasteiger partial charge in [0.05, 0.1) is 36.4 Å². The number of sulfonamides is 1. The summed E-state index contributed by atoms with van der Waals surface area (Å²) < 4.78 is 37.8. The Morgan fingerprint density at radius 2 is 1.91 bits per heavy atom. The van der Waals surface area contributed by atoms with Gasteiger partial charge in [0, 0.05) is 49.6 Å². The highest BCUT2D eigenvalue weighted by molar-refractivity contribution is 7.90. The maximum absolute atomic E-state index is 12.7. The summed E-state index contributed by atoms with van der Waals surface area (Å²) in [5, 5.41) is 0.310. The van der Waals surface area contributed by atoms with E-state index < -0.39 is 10.0 Å². The highest BCUT2D eigenvalue weighted by Gasteiger charge is 2.40. The topological polar surface area (TPSA) is 87.8 Å². The third kappa shape index (κ3) is 5.26. The van der Waals surface area contributed by atoms with Crippen molar-refractivity contribution in [1.29, 1.82) is 0 Å². The lowest BCUT2D eigenvalue weighted by molar-refractivity contribution is 0.366. The number of imidazole rings is 1. The van der Waals surface area contributed by atoms with Crippen LogP contribution >= 0.6 is 11.6 Å². The monoisotopic (exact) mass is 506 g/mol. The van der Waals surface area contributed by atoms with Crippen LogP contribution < -0.4 is 9.47 Å². The quantitative estimate of drug-likeness (QED) is 0.541. The van der Waals surface area contributed by atoms with Crippen molar-refractivity contribution in [2.45, 2.75) is 31.4 Å². The van der Waals surface area contributed by atoms with Crippen LogP contribution in [0.3, 0.4) is 0 Å². The minimum Gasteiger partial charge on any atom is -0.496 e. The molecule has 0 unspecified atom stereocenters. The van der Waals surface area contributed by atoms with Crippen molar-refractivity contribution in [1.82, 2.24) is 19.2 Å². The summed E-state index contributed by atoms with van der Waals surface area (Å²) in [7, 11) is 0.00197. The van der Waals surface area contributed by atoms with Gasteiger partial charge in [0.1, 0.15) is 17.3 Å². The average Bonchev–Trinajstić information content (AvgIpc) is 3.63. The molecule has 0 atom stereocenters. The second kappa shape index (κ2) is 10.4. The second-order valence-electron chi connectivity index (χ2n) is 8.42. The van der Waals surface area contributed by atoms with Gasteiger partial charge in [-0.15, -0.1) is 0 Å². The number of H-pyrrole nitrogens is 1. The lowest BCUT2D eigenvalue weighted by Gasteiger charge is -2.24. The van der Waals surface area contributed by atoms with Gasteiger partial charge in [0.25, 0.3) is 0 Å². The summed E-state index contributed by atoms with van der Waals surface area (Å²) in [4.78, 5) is 10.1. The molecular weight excluding hydrogens is 476 g/mol. The standard InChI is InChI=1S/C24H31ClN4O4S/c1-4-6-17(28-9-5-10-29(12-11-28)34(30,31)18-7-8-18)13-24-26-16-21(27-24)19-14-20(25)23(33-3)15-22(19)32-2/h4,6,13-16,18H,5,7-12H2,1-3H3,(H,26,27)/b6-4-,17-13+. The molecule has 4 rings (SSSR count). The minimum absolute atomic E-state index is 0.172.